The number of rotatable bonds is 8. The van der Waals surface area contributed by atoms with E-state index < -0.39 is 0 Å². The number of hydrogen-bond donors (Lipinski definition) is 2. The smallest absolute Gasteiger partial charge is 0.322 e. The van der Waals surface area contributed by atoms with Crippen LogP contribution in [0.1, 0.15) is 50.7 Å². The van der Waals surface area contributed by atoms with Gasteiger partial charge in [-0.3, -0.25) is 4.79 Å². The molecular formula is C25H36N8O2. The molecule has 1 aliphatic heterocycles. The van der Waals surface area contributed by atoms with Crippen molar-refractivity contribution in [3.8, 4) is 6.01 Å². The van der Waals surface area contributed by atoms with Crippen molar-refractivity contribution in [3.05, 3.63) is 35.5 Å². The fourth-order valence-corrected chi connectivity index (χ4v) is 4.29. The summed E-state index contributed by atoms with van der Waals surface area (Å²) in [6.45, 7) is 8.29. The van der Waals surface area contributed by atoms with E-state index in [2.05, 4.69) is 41.5 Å². The number of hydrogen-bond acceptors (Lipinski definition) is 8. The largest absolute Gasteiger partial charge is 0.460 e. The fourth-order valence-electron chi connectivity index (χ4n) is 4.29. The second-order valence-electron chi connectivity index (χ2n) is 9.71. The minimum absolute atomic E-state index is 0.0965. The van der Waals surface area contributed by atoms with Gasteiger partial charge in [0.1, 0.15) is 6.10 Å². The molecule has 0 atom stereocenters. The van der Waals surface area contributed by atoms with Crippen LogP contribution in [0.4, 0.5) is 17.3 Å². The van der Waals surface area contributed by atoms with Crippen LogP contribution in [-0.2, 0) is 11.3 Å². The van der Waals surface area contributed by atoms with Gasteiger partial charge in [-0.15, -0.1) is 0 Å². The van der Waals surface area contributed by atoms with Crippen LogP contribution in [0.2, 0.25) is 0 Å². The quantitative estimate of drug-likeness (QED) is 0.506. The van der Waals surface area contributed by atoms with E-state index in [0.29, 0.717) is 18.5 Å². The van der Waals surface area contributed by atoms with E-state index in [-0.39, 0.29) is 17.9 Å². The first-order valence-corrected chi connectivity index (χ1v) is 12.1. The number of amides is 1. The first-order valence-electron chi connectivity index (χ1n) is 12.1. The van der Waals surface area contributed by atoms with Crippen LogP contribution in [0.15, 0.2) is 24.4 Å². The molecule has 1 aliphatic rings. The minimum atomic E-state index is -0.0965. The van der Waals surface area contributed by atoms with Gasteiger partial charge < -0.3 is 25.2 Å². The highest BCUT2D eigenvalue weighted by molar-refractivity contribution is 5.89. The molecule has 2 N–H and O–H groups in total. The molecule has 4 rings (SSSR count). The Hall–Kier alpha value is -3.40. The van der Waals surface area contributed by atoms with Crippen molar-refractivity contribution in [2.75, 3.05) is 49.8 Å². The Balaban J connectivity index is 1.62. The number of aromatic nitrogens is 4. The lowest BCUT2D eigenvalue weighted by atomic mass is 10.1. The van der Waals surface area contributed by atoms with Gasteiger partial charge >= 0.3 is 6.01 Å². The van der Waals surface area contributed by atoms with E-state index >= 15 is 0 Å². The Morgan fingerprint density at radius 2 is 1.97 bits per heavy atom. The van der Waals surface area contributed by atoms with E-state index in [1.807, 2.05) is 43.4 Å². The van der Waals surface area contributed by atoms with Crippen molar-refractivity contribution in [1.29, 1.82) is 0 Å². The van der Waals surface area contributed by atoms with Gasteiger partial charge in [0.2, 0.25) is 11.9 Å². The van der Waals surface area contributed by atoms with Gasteiger partial charge in [-0.25, -0.2) is 0 Å². The van der Waals surface area contributed by atoms with Crippen LogP contribution in [0.3, 0.4) is 0 Å². The lowest BCUT2D eigenvalue weighted by Crippen LogP contribution is -2.36. The first kappa shape index (κ1) is 24.7. The summed E-state index contributed by atoms with van der Waals surface area (Å²) >= 11 is 0. The van der Waals surface area contributed by atoms with Crippen LogP contribution >= 0.6 is 0 Å². The Morgan fingerprint density at radius 3 is 2.63 bits per heavy atom. The number of carbonyl (C=O) groups is 1. The highest BCUT2D eigenvalue weighted by Gasteiger charge is 2.22. The summed E-state index contributed by atoms with van der Waals surface area (Å²) in [5.41, 5.74) is 4.63. The number of nitrogens with one attached hydrogen (secondary N) is 2. The molecule has 1 aromatic carbocycles. The van der Waals surface area contributed by atoms with Gasteiger partial charge in [-0.2, -0.15) is 19.6 Å². The summed E-state index contributed by atoms with van der Waals surface area (Å²) in [4.78, 5) is 25.3. The van der Waals surface area contributed by atoms with Gasteiger partial charge in [0, 0.05) is 57.6 Å². The second kappa shape index (κ2) is 10.5. The lowest BCUT2D eigenvalue weighted by Gasteiger charge is -2.28. The summed E-state index contributed by atoms with van der Waals surface area (Å²) in [6.07, 6.45) is 3.87. The van der Waals surface area contributed by atoms with Crippen LogP contribution in [-0.4, -0.2) is 70.7 Å². The van der Waals surface area contributed by atoms with Gasteiger partial charge in [-0.05, 0) is 43.5 Å². The minimum Gasteiger partial charge on any atom is -0.460 e. The fraction of sp³-hybridized carbons (Fsp3) is 0.520. The van der Waals surface area contributed by atoms with Gasteiger partial charge in [0.25, 0.3) is 0 Å². The van der Waals surface area contributed by atoms with Crippen LogP contribution < -0.4 is 20.3 Å². The number of piperidine rings is 1. The van der Waals surface area contributed by atoms with E-state index in [4.69, 9.17) is 14.7 Å². The number of carbonyl (C=O) groups excluding carboxylic acids is 1. The maximum atomic E-state index is 11.5. The predicted molar refractivity (Wildman–Crippen MR) is 138 cm³/mol. The zero-order valence-corrected chi connectivity index (χ0v) is 21.5. The molecule has 1 saturated heterocycles. The molecule has 3 aromatic rings. The molecule has 0 saturated carbocycles. The van der Waals surface area contributed by atoms with Crippen molar-refractivity contribution in [2.24, 2.45) is 0 Å². The van der Waals surface area contributed by atoms with E-state index in [1.54, 1.807) is 4.52 Å². The predicted octanol–water partition coefficient (Wildman–Crippen LogP) is 3.36. The van der Waals surface area contributed by atoms with Gasteiger partial charge in [-0.1, -0.05) is 19.9 Å². The number of benzene rings is 1. The van der Waals surface area contributed by atoms with E-state index in [1.165, 1.54) is 6.92 Å². The maximum Gasteiger partial charge on any atom is 0.322 e. The Morgan fingerprint density at radius 1 is 1.23 bits per heavy atom. The standard InChI is InChI=1S/C25H36N8O2/c1-16(2)21-15-27-33-23(21)29-25(35-20-9-11-32(6)12-10-20)30-24(33)26-14-18-7-8-19(28-17(3)34)13-22(18)31(4)5/h7-8,13,15-16,20H,9-12,14H2,1-6H3,(H,28,34)(H,26,29,30). The molecule has 188 valence electrons. The molecule has 1 amide bonds. The van der Waals surface area contributed by atoms with Crippen molar-refractivity contribution in [2.45, 2.75) is 52.2 Å². The number of fused-ring (bicyclic) bond motifs is 1. The molecule has 10 nitrogen and oxygen atoms in total. The number of anilines is 3. The molecule has 3 heterocycles. The Kier molecular flexibility index (Phi) is 7.39. The normalized spacial score (nSPS) is 14.9. The summed E-state index contributed by atoms with van der Waals surface area (Å²) in [5.74, 6) is 0.759. The molecule has 0 unspecified atom stereocenters. The third-order valence-corrected chi connectivity index (χ3v) is 6.26. The zero-order valence-electron chi connectivity index (χ0n) is 21.5. The van der Waals surface area contributed by atoms with E-state index in [0.717, 1.165) is 54.1 Å². The van der Waals surface area contributed by atoms with Crippen LogP contribution in [0, 0.1) is 0 Å². The topological polar surface area (TPSA) is 99.9 Å². The molecule has 35 heavy (non-hydrogen) atoms. The SMILES string of the molecule is CC(=O)Nc1ccc(CNc2nc(OC3CCN(C)CC3)nc3c(C(C)C)cnn23)c(N(C)C)c1. The maximum absolute atomic E-state index is 11.5. The van der Waals surface area contributed by atoms with Gasteiger partial charge in [0.15, 0.2) is 5.65 Å². The molecule has 10 heteroatoms. The average molecular weight is 481 g/mol. The molecule has 0 aliphatic carbocycles. The average Bonchev–Trinajstić information content (AvgIpc) is 3.23. The summed E-state index contributed by atoms with van der Waals surface area (Å²) in [5, 5.41) is 10.9. The number of nitrogens with zero attached hydrogens (tertiary/aromatic N) is 6. The van der Waals surface area contributed by atoms with Gasteiger partial charge in [0.05, 0.1) is 6.20 Å². The monoisotopic (exact) mass is 480 g/mol. The third-order valence-electron chi connectivity index (χ3n) is 6.26. The molecule has 0 spiro atoms. The Bertz CT molecular complexity index is 1180. The number of ether oxygens (including phenoxy) is 1. The van der Waals surface area contributed by atoms with Crippen molar-refractivity contribution in [1.82, 2.24) is 24.5 Å². The Labute approximate surface area is 206 Å². The highest BCUT2D eigenvalue weighted by Crippen LogP contribution is 2.27. The summed E-state index contributed by atoms with van der Waals surface area (Å²) in [7, 11) is 6.09. The van der Waals surface area contributed by atoms with Crippen molar-refractivity contribution < 1.29 is 9.53 Å². The molecule has 0 bridgehead atoms. The van der Waals surface area contributed by atoms with Crippen molar-refractivity contribution >= 4 is 28.9 Å². The van der Waals surface area contributed by atoms with Crippen LogP contribution in [0.5, 0.6) is 6.01 Å². The molecular weight excluding hydrogens is 444 g/mol. The number of likely N-dealkylation sites (tertiary alicyclic amines) is 1. The van der Waals surface area contributed by atoms with E-state index in [9.17, 15) is 4.79 Å². The lowest BCUT2D eigenvalue weighted by molar-refractivity contribution is -0.114. The highest BCUT2D eigenvalue weighted by atomic mass is 16.5. The summed E-state index contributed by atoms with van der Waals surface area (Å²) in [6, 6.07) is 6.25. The first-order chi connectivity index (χ1) is 16.7. The van der Waals surface area contributed by atoms with Crippen LogP contribution in [0.25, 0.3) is 5.65 Å². The molecule has 0 radical (unpaired) electrons. The zero-order chi connectivity index (χ0) is 25.1. The second-order valence-corrected chi connectivity index (χ2v) is 9.71. The third kappa shape index (κ3) is 5.82. The molecule has 2 aromatic heterocycles. The summed E-state index contributed by atoms with van der Waals surface area (Å²) < 4.78 is 7.99. The van der Waals surface area contributed by atoms with Crippen molar-refractivity contribution in [3.63, 3.8) is 0 Å². The molecule has 1 fully saturated rings.